The van der Waals surface area contributed by atoms with E-state index < -0.39 is 54.3 Å². The first kappa shape index (κ1) is 38.5. The topological polar surface area (TPSA) is 142 Å². The number of primary amides is 1. The van der Waals surface area contributed by atoms with E-state index in [0.29, 0.717) is 36.9 Å². The zero-order valence-electron chi connectivity index (χ0n) is 21.4. The van der Waals surface area contributed by atoms with Gasteiger partial charge in [-0.05, 0) is 24.3 Å². The summed E-state index contributed by atoms with van der Waals surface area (Å²) in [6.07, 6.45) is -5.15. The van der Waals surface area contributed by atoms with Crippen molar-refractivity contribution < 1.29 is 42.1 Å². The smallest absolute Gasteiger partial charge is 0.390 e. The average molecular weight is 655 g/mol. The number of carbonyl (C=O) groups is 2. The molecule has 2 amide bonds. The van der Waals surface area contributed by atoms with Gasteiger partial charge in [0.25, 0.3) is 5.91 Å². The fourth-order valence-corrected chi connectivity index (χ4v) is 4.11. The van der Waals surface area contributed by atoms with E-state index in [1.807, 2.05) is 4.90 Å². The maximum Gasteiger partial charge on any atom is 0.390 e. The molecule has 9 nitrogen and oxygen atoms in total. The average Bonchev–Trinajstić information content (AvgIpc) is 2.86. The van der Waals surface area contributed by atoms with Crippen LogP contribution in [0.3, 0.4) is 0 Å². The Morgan fingerprint density at radius 2 is 1.68 bits per heavy atom. The summed E-state index contributed by atoms with van der Waals surface area (Å²) < 4.78 is 67.0. The van der Waals surface area contributed by atoms with Crippen LogP contribution in [0.2, 0.25) is 5.02 Å². The van der Waals surface area contributed by atoms with Gasteiger partial charge in [0.15, 0.2) is 11.6 Å². The van der Waals surface area contributed by atoms with Gasteiger partial charge < -0.3 is 26.5 Å². The summed E-state index contributed by atoms with van der Waals surface area (Å²) in [5.74, 6) is -4.52. The Labute approximate surface area is 250 Å². The van der Waals surface area contributed by atoms with Crippen LogP contribution in [-0.2, 0) is 11.3 Å². The molecule has 0 aliphatic carbocycles. The first-order valence-electron chi connectivity index (χ1n) is 11.6. The summed E-state index contributed by atoms with van der Waals surface area (Å²) in [5.41, 5.74) is 5.09. The number of amides is 2. The number of nitrogens with one attached hydrogen (secondary N) is 2. The standard InChI is InChI=1S/C24H27ClF5N5O3.2ClH.H2O/c25-15-2-4-17(19(11-15)35-9-7-34(8-10-35)6-5-24(28,29)30)33-23(38)16-3-1-14(20(26)21(16)27)12-32-18(13-36)22(31)37;;;/h1-4,11,18,32,36H,5-10,12-13H2,(H2,31,37)(H,33,38);2*1H;1H2/t18-;;;/m0.../s1. The third kappa shape index (κ3) is 10.7. The van der Waals surface area contributed by atoms with Crippen LogP contribution in [0.25, 0.3) is 0 Å². The Balaban J connectivity index is 0.00000533. The predicted octanol–water partition coefficient (Wildman–Crippen LogP) is 2.90. The third-order valence-electron chi connectivity index (χ3n) is 6.10. The molecule has 1 atom stereocenters. The number of rotatable bonds is 10. The van der Waals surface area contributed by atoms with Gasteiger partial charge in [0.1, 0.15) is 6.04 Å². The van der Waals surface area contributed by atoms with Gasteiger partial charge in [-0.25, -0.2) is 8.78 Å². The number of halogens is 8. The predicted molar refractivity (Wildman–Crippen MR) is 150 cm³/mol. The molecule has 1 heterocycles. The lowest BCUT2D eigenvalue weighted by Gasteiger charge is -2.37. The summed E-state index contributed by atoms with van der Waals surface area (Å²) in [7, 11) is 0. The third-order valence-corrected chi connectivity index (χ3v) is 6.34. The van der Waals surface area contributed by atoms with Gasteiger partial charge in [-0.2, -0.15) is 13.2 Å². The summed E-state index contributed by atoms with van der Waals surface area (Å²) in [6.45, 7) is 0.380. The zero-order chi connectivity index (χ0) is 28.0. The molecule has 41 heavy (non-hydrogen) atoms. The zero-order valence-corrected chi connectivity index (χ0v) is 23.8. The lowest BCUT2D eigenvalue weighted by atomic mass is 10.1. The highest BCUT2D eigenvalue weighted by Gasteiger charge is 2.29. The van der Waals surface area contributed by atoms with Gasteiger partial charge in [0, 0.05) is 49.9 Å². The molecule has 0 bridgehead atoms. The van der Waals surface area contributed by atoms with Gasteiger partial charge in [-0.1, -0.05) is 17.7 Å². The van der Waals surface area contributed by atoms with Crippen molar-refractivity contribution in [1.82, 2.24) is 10.2 Å². The molecule has 1 saturated heterocycles. The lowest BCUT2D eigenvalue weighted by Crippen LogP contribution is -2.47. The number of nitrogens with two attached hydrogens (primary N) is 1. The molecule has 0 saturated carbocycles. The minimum atomic E-state index is -4.24. The lowest BCUT2D eigenvalue weighted by molar-refractivity contribution is -0.138. The van der Waals surface area contributed by atoms with Crippen LogP contribution in [0, 0.1) is 11.6 Å². The number of carbonyl (C=O) groups excluding carboxylic acids is 2. The summed E-state index contributed by atoms with van der Waals surface area (Å²) in [4.78, 5) is 27.6. The van der Waals surface area contributed by atoms with Crippen molar-refractivity contribution in [3.05, 3.63) is 58.1 Å². The number of benzene rings is 2. The molecule has 1 aliphatic rings. The van der Waals surface area contributed by atoms with Gasteiger partial charge in [-0.15, -0.1) is 24.8 Å². The molecule has 232 valence electrons. The molecular formula is C24H31Cl3F5N5O4. The number of nitrogens with zero attached hydrogens (tertiary/aromatic N) is 2. The minimum absolute atomic E-state index is 0. The van der Waals surface area contributed by atoms with Crippen LogP contribution in [0.1, 0.15) is 22.3 Å². The second-order valence-electron chi connectivity index (χ2n) is 8.73. The Hall–Kier alpha value is -2.46. The second kappa shape index (κ2) is 16.9. The molecule has 0 aromatic heterocycles. The summed E-state index contributed by atoms with van der Waals surface area (Å²) >= 11 is 6.13. The van der Waals surface area contributed by atoms with Gasteiger partial charge in [0.2, 0.25) is 5.91 Å². The molecule has 0 unspecified atom stereocenters. The minimum Gasteiger partial charge on any atom is -0.412 e. The molecule has 1 aliphatic heterocycles. The highest BCUT2D eigenvalue weighted by molar-refractivity contribution is 6.31. The first-order chi connectivity index (χ1) is 17.9. The van der Waals surface area contributed by atoms with E-state index in [2.05, 4.69) is 10.6 Å². The molecule has 0 spiro atoms. The number of aliphatic hydroxyl groups is 1. The molecule has 2 aromatic carbocycles. The Morgan fingerprint density at radius 3 is 2.24 bits per heavy atom. The Morgan fingerprint density at radius 1 is 1.05 bits per heavy atom. The van der Waals surface area contributed by atoms with Crippen molar-refractivity contribution in [2.75, 3.05) is 49.5 Å². The maximum absolute atomic E-state index is 14.8. The van der Waals surface area contributed by atoms with E-state index >= 15 is 0 Å². The van der Waals surface area contributed by atoms with E-state index in [4.69, 9.17) is 22.4 Å². The highest BCUT2D eigenvalue weighted by Crippen LogP contribution is 2.31. The van der Waals surface area contributed by atoms with Crippen molar-refractivity contribution in [3.63, 3.8) is 0 Å². The second-order valence-corrected chi connectivity index (χ2v) is 9.16. The molecule has 17 heteroatoms. The first-order valence-corrected chi connectivity index (χ1v) is 12.0. The molecule has 3 rings (SSSR count). The SMILES string of the molecule is Cl.Cl.NC(=O)[C@H](CO)NCc1ccc(C(=O)Nc2ccc(Cl)cc2N2CCN(CCC(F)(F)F)CC2)c(F)c1F.O. The van der Waals surface area contributed by atoms with E-state index in [1.54, 1.807) is 11.0 Å². The molecule has 7 N–H and O–H groups in total. The number of piperazine rings is 1. The van der Waals surface area contributed by atoms with Crippen molar-refractivity contribution in [1.29, 1.82) is 0 Å². The van der Waals surface area contributed by atoms with Crippen molar-refractivity contribution in [2.45, 2.75) is 25.2 Å². The Kier molecular flexibility index (Phi) is 15.8. The van der Waals surface area contributed by atoms with Crippen LogP contribution in [0.4, 0.5) is 33.3 Å². The van der Waals surface area contributed by atoms with Crippen LogP contribution in [-0.4, -0.2) is 78.8 Å². The molecule has 1 fully saturated rings. The van der Waals surface area contributed by atoms with Crippen LogP contribution in [0.15, 0.2) is 30.3 Å². The van der Waals surface area contributed by atoms with Crippen molar-refractivity contribution >= 4 is 59.6 Å². The number of aliphatic hydroxyl groups excluding tert-OH is 1. The van der Waals surface area contributed by atoms with Gasteiger partial charge >= 0.3 is 6.18 Å². The quantitative estimate of drug-likeness (QED) is 0.291. The van der Waals surface area contributed by atoms with E-state index in [0.717, 1.165) is 6.07 Å². The van der Waals surface area contributed by atoms with Crippen molar-refractivity contribution in [3.8, 4) is 0 Å². The molecule has 2 aromatic rings. The number of hydrogen-bond donors (Lipinski definition) is 4. The van der Waals surface area contributed by atoms with E-state index in [-0.39, 0.29) is 54.6 Å². The fourth-order valence-electron chi connectivity index (χ4n) is 3.95. The normalized spacial score (nSPS) is 14.3. The summed E-state index contributed by atoms with van der Waals surface area (Å²) in [6, 6.07) is 5.66. The fraction of sp³-hybridized carbons (Fsp3) is 0.417. The monoisotopic (exact) mass is 653 g/mol. The number of anilines is 2. The van der Waals surface area contributed by atoms with Crippen LogP contribution < -0.4 is 21.3 Å². The van der Waals surface area contributed by atoms with Crippen LogP contribution in [0.5, 0.6) is 0 Å². The number of hydrogen-bond acceptors (Lipinski definition) is 6. The number of alkyl halides is 3. The van der Waals surface area contributed by atoms with Crippen molar-refractivity contribution in [2.24, 2.45) is 5.73 Å². The maximum atomic E-state index is 14.8. The highest BCUT2D eigenvalue weighted by atomic mass is 35.5. The van der Waals surface area contributed by atoms with Gasteiger partial charge in [0.05, 0.1) is 30.0 Å². The van der Waals surface area contributed by atoms with Crippen LogP contribution >= 0.6 is 36.4 Å². The largest absolute Gasteiger partial charge is 0.412 e. The molecule has 0 radical (unpaired) electrons. The van der Waals surface area contributed by atoms with E-state index in [9.17, 15) is 31.5 Å². The van der Waals surface area contributed by atoms with Gasteiger partial charge in [-0.3, -0.25) is 19.8 Å². The van der Waals surface area contributed by atoms with E-state index in [1.165, 1.54) is 18.2 Å². The molecular weight excluding hydrogens is 624 g/mol. The summed E-state index contributed by atoms with van der Waals surface area (Å²) in [5, 5.41) is 14.5. The Bertz CT molecular complexity index is 1170.